The molecule has 104 valence electrons. The van der Waals surface area contributed by atoms with Crippen molar-refractivity contribution in [2.24, 2.45) is 0 Å². The van der Waals surface area contributed by atoms with Crippen LogP contribution >= 0.6 is 0 Å². The first-order chi connectivity index (χ1) is 9.83. The van der Waals surface area contributed by atoms with Gasteiger partial charge in [0.05, 0.1) is 19.6 Å². The van der Waals surface area contributed by atoms with Crippen molar-refractivity contribution in [3.63, 3.8) is 0 Å². The summed E-state index contributed by atoms with van der Waals surface area (Å²) in [5.74, 6) is 0.854. The molecule has 20 heavy (non-hydrogen) atoms. The van der Waals surface area contributed by atoms with Gasteiger partial charge in [0.2, 0.25) is 5.89 Å². The molecule has 1 fully saturated rings. The van der Waals surface area contributed by atoms with Gasteiger partial charge in [-0.25, -0.2) is 0 Å². The van der Waals surface area contributed by atoms with Crippen LogP contribution in [-0.2, 0) is 11.2 Å². The maximum Gasteiger partial charge on any atom is 0.266 e. The highest BCUT2D eigenvalue weighted by Crippen LogP contribution is 2.13. The molecule has 0 saturated carbocycles. The van der Waals surface area contributed by atoms with Crippen LogP contribution in [-0.4, -0.2) is 42.2 Å². The highest BCUT2D eigenvalue weighted by molar-refractivity contribution is 5.96. The monoisotopic (exact) mass is 273 g/mol. The summed E-state index contributed by atoms with van der Waals surface area (Å²) < 4.78 is 10.4. The SMILES string of the molecule is O=C(Cc1nc(N2CCOCC2)no1)c1ccccc1. The predicted octanol–water partition coefficient (Wildman–Crippen LogP) is 1.33. The largest absolute Gasteiger partial charge is 0.378 e. The molecule has 2 heterocycles. The summed E-state index contributed by atoms with van der Waals surface area (Å²) in [4.78, 5) is 18.3. The van der Waals surface area contributed by atoms with Crippen LogP contribution in [0.4, 0.5) is 5.95 Å². The van der Waals surface area contributed by atoms with Gasteiger partial charge in [0, 0.05) is 18.7 Å². The third-order valence-corrected chi connectivity index (χ3v) is 3.16. The van der Waals surface area contributed by atoms with Gasteiger partial charge < -0.3 is 14.2 Å². The molecule has 1 saturated heterocycles. The van der Waals surface area contributed by atoms with E-state index in [-0.39, 0.29) is 12.2 Å². The van der Waals surface area contributed by atoms with Gasteiger partial charge in [0.25, 0.3) is 5.95 Å². The van der Waals surface area contributed by atoms with E-state index >= 15 is 0 Å². The van der Waals surface area contributed by atoms with E-state index in [0.29, 0.717) is 30.6 Å². The molecule has 2 aromatic rings. The fourth-order valence-electron chi connectivity index (χ4n) is 2.07. The molecule has 0 amide bonds. The van der Waals surface area contributed by atoms with Crippen molar-refractivity contribution in [3.8, 4) is 0 Å². The Hall–Kier alpha value is -2.21. The number of ketones is 1. The Morgan fingerprint density at radius 3 is 2.70 bits per heavy atom. The van der Waals surface area contributed by atoms with Gasteiger partial charge in [-0.1, -0.05) is 30.3 Å². The Morgan fingerprint density at radius 1 is 1.20 bits per heavy atom. The number of ether oxygens (including phenoxy) is 1. The van der Waals surface area contributed by atoms with Crippen LogP contribution < -0.4 is 4.90 Å². The molecule has 6 heteroatoms. The molecule has 0 unspecified atom stereocenters. The second-order valence-electron chi connectivity index (χ2n) is 4.55. The molecule has 0 aliphatic carbocycles. The van der Waals surface area contributed by atoms with Crippen LogP contribution in [0, 0.1) is 0 Å². The van der Waals surface area contributed by atoms with E-state index in [9.17, 15) is 4.79 Å². The summed E-state index contributed by atoms with van der Waals surface area (Å²) in [6.45, 7) is 2.80. The van der Waals surface area contributed by atoms with E-state index in [0.717, 1.165) is 13.1 Å². The molecule has 0 N–H and O–H groups in total. The lowest BCUT2D eigenvalue weighted by atomic mass is 10.1. The molecule has 0 spiro atoms. The summed E-state index contributed by atoms with van der Waals surface area (Å²) in [5, 5.41) is 3.92. The molecule has 1 aromatic heterocycles. The maximum atomic E-state index is 12.0. The van der Waals surface area contributed by atoms with Crippen molar-refractivity contribution >= 4 is 11.7 Å². The Kier molecular flexibility index (Phi) is 3.73. The van der Waals surface area contributed by atoms with Crippen LogP contribution in [0.25, 0.3) is 0 Å². The lowest BCUT2D eigenvalue weighted by Crippen LogP contribution is -2.36. The number of carbonyl (C=O) groups is 1. The molecule has 1 aliphatic heterocycles. The molecule has 0 radical (unpaired) electrons. The van der Waals surface area contributed by atoms with Crippen LogP contribution in [0.15, 0.2) is 34.9 Å². The van der Waals surface area contributed by atoms with Crippen LogP contribution in [0.1, 0.15) is 16.2 Å². The molecular weight excluding hydrogens is 258 g/mol. The predicted molar refractivity (Wildman–Crippen MR) is 71.8 cm³/mol. The van der Waals surface area contributed by atoms with Gasteiger partial charge in [-0.15, -0.1) is 0 Å². The number of rotatable bonds is 4. The van der Waals surface area contributed by atoms with Crippen LogP contribution in [0.2, 0.25) is 0 Å². The molecule has 6 nitrogen and oxygen atoms in total. The van der Waals surface area contributed by atoms with Gasteiger partial charge in [0.15, 0.2) is 5.78 Å². The quantitative estimate of drug-likeness (QED) is 0.783. The minimum Gasteiger partial charge on any atom is -0.378 e. The lowest BCUT2D eigenvalue weighted by molar-refractivity contribution is 0.0983. The number of carbonyl (C=O) groups excluding carboxylic acids is 1. The minimum atomic E-state index is -0.0252. The smallest absolute Gasteiger partial charge is 0.266 e. The van der Waals surface area contributed by atoms with E-state index in [2.05, 4.69) is 10.1 Å². The van der Waals surface area contributed by atoms with Crippen molar-refractivity contribution in [2.45, 2.75) is 6.42 Å². The number of Topliss-reactive ketones (excluding diaryl/α,β-unsaturated/α-hetero) is 1. The standard InChI is InChI=1S/C14H15N3O3/c18-12(11-4-2-1-3-5-11)10-13-15-14(16-20-13)17-6-8-19-9-7-17/h1-5H,6-10H2. The third kappa shape index (κ3) is 2.85. The number of morpholine rings is 1. The van der Waals surface area contributed by atoms with Crippen molar-refractivity contribution < 1.29 is 14.1 Å². The average Bonchev–Trinajstić information content (AvgIpc) is 2.97. The second kappa shape index (κ2) is 5.83. The molecule has 1 aliphatic rings. The molecule has 0 atom stereocenters. The highest BCUT2D eigenvalue weighted by atomic mass is 16.5. The zero-order chi connectivity index (χ0) is 13.8. The fourth-order valence-corrected chi connectivity index (χ4v) is 2.07. The summed E-state index contributed by atoms with van der Waals surface area (Å²) in [6.07, 6.45) is 0.126. The van der Waals surface area contributed by atoms with Crippen molar-refractivity contribution in [1.82, 2.24) is 10.1 Å². The highest BCUT2D eigenvalue weighted by Gasteiger charge is 2.18. The van der Waals surface area contributed by atoms with E-state index < -0.39 is 0 Å². The molecule has 0 bridgehead atoms. The van der Waals surface area contributed by atoms with Gasteiger partial charge in [0.1, 0.15) is 0 Å². The number of anilines is 1. The Balaban J connectivity index is 1.66. The van der Waals surface area contributed by atoms with E-state index in [4.69, 9.17) is 9.26 Å². The fraction of sp³-hybridized carbons (Fsp3) is 0.357. The summed E-state index contributed by atoms with van der Waals surface area (Å²) in [5.41, 5.74) is 0.652. The number of hydrogen-bond donors (Lipinski definition) is 0. The number of benzene rings is 1. The van der Waals surface area contributed by atoms with Crippen LogP contribution in [0.3, 0.4) is 0 Å². The second-order valence-corrected chi connectivity index (χ2v) is 4.55. The summed E-state index contributed by atoms with van der Waals surface area (Å²) in [7, 11) is 0. The van der Waals surface area contributed by atoms with Crippen molar-refractivity contribution in [3.05, 3.63) is 41.8 Å². The van der Waals surface area contributed by atoms with E-state index in [1.165, 1.54) is 0 Å². The molecule has 1 aromatic carbocycles. The Labute approximate surface area is 116 Å². The van der Waals surface area contributed by atoms with Gasteiger partial charge >= 0.3 is 0 Å². The summed E-state index contributed by atoms with van der Waals surface area (Å²) >= 11 is 0. The van der Waals surface area contributed by atoms with E-state index in [1.54, 1.807) is 12.1 Å². The Bertz CT molecular complexity index is 576. The third-order valence-electron chi connectivity index (χ3n) is 3.16. The normalized spacial score (nSPS) is 15.3. The average molecular weight is 273 g/mol. The summed E-state index contributed by atoms with van der Waals surface area (Å²) in [6, 6.07) is 9.10. The minimum absolute atomic E-state index is 0.0252. The first-order valence-electron chi connectivity index (χ1n) is 6.56. The topological polar surface area (TPSA) is 68.5 Å². The molecule has 3 rings (SSSR count). The van der Waals surface area contributed by atoms with Crippen LogP contribution in [0.5, 0.6) is 0 Å². The van der Waals surface area contributed by atoms with Crippen molar-refractivity contribution in [2.75, 3.05) is 31.2 Å². The Morgan fingerprint density at radius 2 is 1.95 bits per heavy atom. The lowest BCUT2D eigenvalue weighted by Gasteiger charge is -2.24. The zero-order valence-corrected chi connectivity index (χ0v) is 11.0. The van der Waals surface area contributed by atoms with E-state index in [1.807, 2.05) is 23.1 Å². The van der Waals surface area contributed by atoms with Gasteiger partial charge in [-0.3, -0.25) is 4.79 Å². The molecular formula is C14H15N3O3. The number of aromatic nitrogens is 2. The first kappa shape index (κ1) is 12.8. The first-order valence-corrected chi connectivity index (χ1v) is 6.56. The zero-order valence-electron chi connectivity index (χ0n) is 11.0. The number of nitrogens with zero attached hydrogens (tertiary/aromatic N) is 3. The maximum absolute atomic E-state index is 12.0. The van der Waals surface area contributed by atoms with Gasteiger partial charge in [-0.2, -0.15) is 4.98 Å². The van der Waals surface area contributed by atoms with Gasteiger partial charge in [-0.05, 0) is 5.16 Å². The van der Waals surface area contributed by atoms with Crippen molar-refractivity contribution in [1.29, 1.82) is 0 Å². The number of hydrogen-bond acceptors (Lipinski definition) is 6.